The molecular formula is C19H12F3N5O5. The number of benzene rings is 1. The quantitative estimate of drug-likeness (QED) is 0.370. The fraction of sp³-hybridized carbons (Fsp3) is 0.158. The second-order valence-corrected chi connectivity index (χ2v) is 6.63. The lowest BCUT2D eigenvalue weighted by Crippen LogP contribution is -2.36. The molecule has 0 aliphatic carbocycles. The van der Waals surface area contributed by atoms with Crippen LogP contribution in [-0.4, -0.2) is 44.3 Å². The number of carbonyl (C=O) groups is 2. The number of alkyl halides is 3. The number of nitrogens with zero attached hydrogens (tertiary/aromatic N) is 4. The van der Waals surface area contributed by atoms with Gasteiger partial charge in [0.05, 0.1) is 17.2 Å². The van der Waals surface area contributed by atoms with Gasteiger partial charge in [0.15, 0.2) is 11.4 Å². The summed E-state index contributed by atoms with van der Waals surface area (Å²) in [5.74, 6) is -3.88. The van der Waals surface area contributed by atoms with Crippen molar-refractivity contribution in [3.05, 3.63) is 58.4 Å². The maximum atomic E-state index is 12.8. The predicted molar refractivity (Wildman–Crippen MR) is 102 cm³/mol. The molecule has 0 fully saturated rings. The molecule has 1 aliphatic rings. The highest BCUT2D eigenvalue weighted by molar-refractivity contribution is 5.99. The zero-order valence-electron chi connectivity index (χ0n) is 15.9. The topological polar surface area (TPSA) is 129 Å². The van der Waals surface area contributed by atoms with Crippen LogP contribution in [0.4, 0.5) is 18.9 Å². The zero-order valence-corrected chi connectivity index (χ0v) is 15.9. The number of pyridine rings is 1. The number of hydrogen-bond acceptors (Lipinski definition) is 7. The van der Waals surface area contributed by atoms with Gasteiger partial charge in [-0.15, -0.1) is 0 Å². The van der Waals surface area contributed by atoms with Gasteiger partial charge in [0.1, 0.15) is 5.69 Å². The summed E-state index contributed by atoms with van der Waals surface area (Å²) in [7, 11) is 0. The highest BCUT2D eigenvalue weighted by Crippen LogP contribution is 2.36. The van der Waals surface area contributed by atoms with E-state index in [2.05, 4.69) is 20.1 Å². The van der Waals surface area contributed by atoms with E-state index < -0.39 is 28.7 Å². The van der Waals surface area contributed by atoms with Crippen LogP contribution in [0.2, 0.25) is 0 Å². The highest BCUT2D eigenvalue weighted by Gasteiger charge is 2.43. The summed E-state index contributed by atoms with van der Waals surface area (Å²) in [5.41, 5.74) is 0.150. The van der Waals surface area contributed by atoms with E-state index in [0.717, 1.165) is 4.68 Å². The Morgan fingerprint density at radius 3 is 2.72 bits per heavy atom. The summed E-state index contributed by atoms with van der Waals surface area (Å²) in [6, 6.07) is 8.41. The van der Waals surface area contributed by atoms with Crippen molar-refractivity contribution in [3.63, 3.8) is 0 Å². The molecule has 0 unspecified atom stereocenters. The summed E-state index contributed by atoms with van der Waals surface area (Å²) in [6.45, 7) is 0.343. The van der Waals surface area contributed by atoms with E-state index in [1.165, 1.54) is 36.5 Å². The molecule has 13 heteroatoms. The molecule has 0 saturated heterocycles. The van der Waals surface area contributed by atoms with Gasteiger partial charge in [-0.05, 0) is 12.1 Å². The zero-order chi connectivity index (χ0) is 23.0. The number of fused-ring (bicyclic) bond motifs is 1. The van der Waals surface area contributed by atoms with E-state index in [9.17, 15) is 32.9 Å². The molecule has 3 aromatic rings. The molecule has 0 radical (unpaired) electrons. The average Bonchev–Trinajstić information content (AvgIpc) is 3.13. The van der Waals surface area contributed by atoms with Gasteiger partial charge in [-0.25, -0.2) is 4.79 Å². The van der Waals surface area contributed by atoms with E-state index in [4.69, 9.17) is 0 Å². The molecule has 10 nitrogen and oxygen atoms in total. The highest BCUT2D eigenvalue weighted by atomic mass is 19.4. The number of amides is 1. The molecule has 1 N–H and O–H groups in total. The first-order valence-electron chi connectivity index (χ1n) is 9.04. The minimum Gasteiger partial charge on any atom is -0.415 e. The van der Waals surface area contributed by atoms with Gasteiger partial charge in [0, 0.05) is 36.0 Å². The summed E-state index contributed by atoms with van der Waals surface area (Å²) < 4.78 is 44.2. The lowest BCUT2D eigenvalue weighted by atomic mass is 10.1. The van der Waals surface area contributed by atoms with Crippen molar-refractivity contribution < 1.29 is 32.4 Å². The van der Waals surface area contributed by atoms with Crippen LogP contribution in [0.5, 0.6) is 5.75 Å². The molecule has 0 spiro atoms. The first kappa shape index (κ1) is 21.0. The number of nitrogens with one attached hydrogen (secondary N) is 1. The summed E-state index contributed by atoms with van der Waals surface area (Å²) in [6.07, 6.45) is -3.97. The normalized spacial score (nSPS) is 13.3. The fourth-order valence-corrected chi connectivity index (χ4v) is 3.14. The van der Waals surface area contributed by atoms with E-state index >= 15 is 0 Å². The number of halogens is 3. The number of rotatable bonds is 4. The summed E-state index contributed by atoms with van der Waals surface area (Å²) in [4.78, 5) is 38.4. The molecule has 1 aromatic carbocycles. The molecule has 4 rings (SSSR count). The van der Waals surface area contributed by atoms with E-state index in [0.29, 0.717) is 5.56 Å². The lowest BCUT2D eigenvalue weighted by molar-refractivity contribution is -0.384. The van der Waals surface area contributed by atoms with E-state index in [1.54, 1.807) is 6.07 Å². The fourth-order valence-electron chi connectivity index (χ4n) is 3.14. The number of hydrogen-bond donors (Lipinski definition) is 1. The van der Waals surface area contributed by atoms with Gasteiger partial charge in [-0.3, -0.25) is 24.6 Å². The Kier molecular flexibility index (Phi) is 5.08. The monoisotopic (exact) mass is 447 g/mol. The first-order chi connectivity index (χ1) is 15.1. The van der Waals surface area contributed by atoms with Crippen LogP contribution >= 0.6 is 0 Å². The maximum Gasteiger partial charge on any atom is 0.491 e. The Bertz CT molecular complexity index is 1250. The van der Waals surface area contributed by atoms with Crippen molar-refractivity contribution in [3.8, 4) is 28.3 Å². The van der Waals surface area contributed by atoms with Crippen molar-refractivity contribution in [2.45, 2.75) is 12.7 Å². The number of nitro groups is 1. The van der Waals surface area contributed by atoms with Gasteiger partial charge in [0.2, 0.25) is 0 Å². The SMILES string of the molecule is O=C1NCCn2nc(-c3ccnc(-c4cccc([N+](=O)[O-])c4)c3)c(OC(=O)C(F)(F)F)c21. The number of non-ortho nitro benzene ring substituents is 1. The van der Waals surface area contributed by atoms with Crippen LogP contribution < -0.4 is 10.1 Å². The third kappa shape index (κ3) is 3.87. The smallest absolute Gasteiger partial charge is 0.415 e. The molecular weight excluding hydrogens is 435 g/mol. The second kappa shape index (κ2) is 7.76. The lowest BCUT2D eigenvalue weighted by Gasteiger charge is -2.15. The molecule has 0 atom stereocenters. The number of esters is 1. The van der Waals surface area contributed by atoms with Crippen LogP contribution in [0.1, 0.15) is 10.5 Å². The number of ether oxygens (including phenoxy) is 1. The minimum atomic E-state index is -5.29. The third-order valence-electron chi connectivity index (χ3n) is 4.55. The van der Waals surface area contributed by atoms with Gasteiger partial charge in [-0.2, -0.15) is 18.3 Å². The Labute approximate surface area is 176 Å². The summed E-state index contributed by atoms with van der Waals surface area (Å²) >= 11 is 0. The molecule has 3 heterocycles. The molecule has 164 valence electrons. The van der Waals surface area contributed by atoms with E-state index in [-0.39, 0.29) is 41.4 Å². The first-order valence-corrected chi connectivity index (χ1v) is 9.04. The van der Waals surface area contributed by atoms with Crippen molar-refractivity contribution in [2.24, 2.45) is 0 Å². The van der Waals surface area contributed by atoms with Crippen LogP contribution in [0.25, 0.3) is 22.5 Å². The predicted octanol–water partition coefficient (Wildman–Crippen LogP) is 2.73. The van der Waals surface area contributed by atoms with Crippen LogP contribution in [0.15, 0.2) is 42.6 Å². The molecule has 0 saturated carbocycles. The Morgan fingerprint density at radius 2 is 2.00 bits per heavy atom. The molecule has 1 aliphatic heterocycles. The average molecular weight is 447 g/mol. The van der Waals surface area contributed by atoms with Gasteiger partial charge in [-0.1, -0.05) is 12.1 Å². The molecule has 32 heavy (non-hydrogen) atoms. The van der Waals surface area contributed by atoms with Gasteiger partial charge >= 0.3 is 12.1 Å². The number of nitro benzene ring substituents is 1. The Morgan fingerprint density at radius 1 is 1.22 bits per heavy atom. The largest absolute Gasteiger partial charge is 0.491 e. The third-order valence-corrected chi connectivity index (χ3v) is 4.55. The molecule has 2 aromatic heterocycles. The maximum absolute atomic E-state index is 12.8. The van der Waals surface area contributed by atoms with Gasteiger partial charge < -0.3 is 10.1 Å². The van der Waals surface area contributed by atoms with Crippen LogP contribution in [0, 0.1) is 10.1 Å². The summed E-state index contributed by atoms with van der Waals surface area (Å²) in [5, 5.41) is 17.7. The Balaban J connectivity index is 1.83. The van der Waals surface area contributed by atoms with Crippen molar-refractivity contribution >= 4 is 17.6 Å². The second-order valence-electron chi connectivity index (χ2n) is 6.63. The number of carbonyl (C=O) groups excluding carboxylic acids is 2. The number of aromatic nitrogens is 3. The van der Waals surface area contributed by atoms with Gasteiger partial charge in [0.25, 0.3) is 11.6 Å². The molecule has 0 bridgehead atoms. The van der Waals surface area contributed by atoms with Crippen molar-refractivity contribution in [1.29, 1.82) is 0 Å². The molecule has 1 amide bonds. The van der Waals surface area contributed by atoms with Crippen molar-refractivity contribution in [1.82, 2.24) is 20.1 Å². The standard InChI is InChI=1S/C19H12F3N5O5/c20-19(21,22)18(29)32-16-14(25-26-7-6-24-17(28)15(16)26)11-4-5-23-13(9-11)10-2-1-3-12(8-10)27(30)31/h1-5,8-9H,6-7H2,(H,24,28). The van der Waals surface area contributed by atoms with Crippen LogP contribution in [0.3, 0.4) is 0 Å². The van der Waals surface area contributed by atoms with Crippen molar-refractivity contribution in [2.75, 3.05) is 6.54 Å². The minimum absolute atomic E-state index is 0.153. The van der Waals surface area contributed by atoms with Crippen LogP contribution in [-0.2, 0) is 11.3 Å². The van der Waals surface area contributed by atoms with E-state index in [1.807, 2.05) is 0 Å². The Hall–Kier alpha value is -4.29.